The van der Waals surface area contributed by atoms with Crippen LogP contribution in [0, 0.1) is 6.92 Å². The average molecular weight is 401 g/mol. The summed E-state index contributed by atoms with van der Waals surface area (Å²) in [6, 6.07) is 11.0. The lowest BCUT2D eigenvalue weighted by Gasteiger charge is -2.29. The number of nitrogens with one attached hydrogen (secondary N) is 1. The van der Waals surface area contributed by atoms with Crippen molar-refractivity contribution in [2.45, 2.75) is 19.5 Å². The fraction of sp³-hybridized carbons (Fsp3) is 0.350. The topological polar surface area (TPSA) is 95.7 Å². The van der Waals surface area contributed by atoms with Crippen molar-refractivity contribution in [3.05, 3.63) is 57.8 Å². The molecule has 8 heteroatoms. The van der Waals surface area contributed by atoms with Crippen LogP contribution in [0.3, 0.4) is 0 Å². The Kier molecular flexibility index (Phi) is 6.43. The Balaban J connectivity index is 1.82. The highest BCUT2D eigenvalue weighted by atomic mass is 32.1. The van der Waals surface area contributed by atoms with Gasteiger partial charge in [-0.05, 0) is 30.5 Å². The zero-order valence-electron chi connectivity index (χ0n) is 15.8. The molecule has 1 aliphatic heterocycles. The van der Waals surface area contributed by atoms with E-state index in [1.165, 1.54) is 21.1 Å². The molecule has 3 N–H and O–H groups in total. The average Bonchev–Trinajstić information content (AvgIpc) is 3.35. The van der Waals surface area contributed by atoms with E-state index in [-0.39, 0.29) is 37.2 Å². The Hall–Kier alpha value is -2.71. The van der Waals surface area contributed by atoms with Crippen LogP contribution in [0.5, 0.6) is 0 Å². The summed E-state index contributed by atoms with van der Waals surface area (Å²) in [6.45, 7) is 3.15. The van der Waals surface area contributed by atoms with Crippen molar-refractivity contribution < 1.29 is 14.4 Å². The smallest absolute Gasteiger partial charge is 0.263 e. The van der Waals surface area contributed by atoms with E-state index in [1.54, 1.807) is 12.1 Å². The minimum absolute atomic E-state index is 0.172. The van der Waals surface area contributed by atoms with Crippen LogP contribution in [0.15, 0.2) is 41.8 Å². The molecule has 148 valence electrons. The Morgan fingerprint density at radius 3 is 2.50 bits per heavy atom. The number of nitrogens with zero attached hydrogens (tertiary/aromatic N) is 2. The van der Waals surface area contributed by atoms with E-state index in [1.807, 2.05) is 36.6 Å². The molecule has 0 saturated carbocycles. The van der Waals surface area contributed by atoms with Crippen molar-refractivity contribution in [3.8, 4) is 0 Å². The van der Waals surface area contributed by atoms with Gasteiger partial charge in [0.2, 0.25) is 5.91 Å². The second kappa shape index (κ2) is 8.99. The number of benzene rings is 1. The maximum absolute atomic E-state index is 13.0. The standard InChI is InChI=1S/C20H24N4O3S/c1-14-4-6-15(7-5-14)20(27)24-11-10-23(19(24)18(26)22-9-8-21)17(25)13-16-3-2-12-28-16/h2-7,12,19H,8-11,13,21H2,1H3,(H,22,26). The number of thiophene rings is 1. The van der Waals surface area contributed by atoms with Crippen molar-refractivity contribution in [1.82, 2.24) is 15.1 Å². The lowest BCUT2D eigenvalue weighted by atomic mass is 10.1. The summed E-state index contributed by atoms with van der Waals surface area (Å²) in [6.07, 6.45) is -0.752. The highest BCUT2D eigenvalue weighted by molar-refractivity contribution is 7.10. The molecule has 0 aliphatic carbocycles. The molecule has 2 heterocycles. The summed E-state index contributed by atoms with van der Waals surface area (Å²) in [4.78, 5) is 42.5. The molecule has 28 heavy (non-hydrogen) atoms. The van der Waals surface area contributed by atoms with Crippen LogP contribution in [0.2, 0.25) is 0 Å². The van der Waals surface area contributed by atoms with Crippen molar-refractivity contribution in [1.29, 1.82) is 0 Å². The molecule has 1 saturated heterocycles. The Morgan fingerprint density at radius 1 is 1.14 bits per heavy atom. The third-order valence-electron chi connectivity index (χ3n) is 4.64. The summed E-state index contributed by atoms with van der Waals surface area (Å²) in [5.41, 5.74) is 7.03. The summed E-state index contributed by atoms with van der Waals surface area (Å²) in [5.74, 6) is -0.822. The monoisotopic (exact) mass is 400 g/mol. The molecule has 7 nitrogen and oxygen atoms in total. The molecule has 1 unspecified atom stereocenters. The van der Waals surface area contributed by atoms with E-state index < -0.39 is 6.17 Å². The van der Waals surface area contributed by atoms with Gasteiger partial charge in [0.25, 0.3) is 11.8 Å². The van der Waals surface area contributed by atoms with Crippen LogP contribution in [0.25, 0.3) is 0 Å². The van der Waals surface area contributed by atoms with E-state index in [4.69, 9.17) is 5.73 Å². The third-order valence-corrected chi connectivity index (χ3v) is 5.51. The summed E-state index contributed by atoms with van der Waals surface area (Å²) < 4.78 is 0. The van der Waals surface area contributed by atoms with Crippen LogP contribution in [-0.2, 0) is 16.0 Å². The molecule has 1 atom stereocenters. The second-order valence-electron chi connectivity index (χ2n) is 6.66. The zero-order chi connectivity index (χ0) is 20.1. The molecular formula is C20H24N4O3S. The molecule has 1 aromatic carbocycles. The highest BCUT2D eigenvalue weighted by Crippen LogP contribution is 2.21. The predicted octanol–water partition coefficient (Wildman–Crippen LogP) is 0.985. The SMILES string of the molecule is Cc1ccc(C(=O)N2CCN(C(=O)Cc3cccs3)C2C(=O)NCCN)cc1. The molecule has 1 aliphatic rings. The second-order valence-corrected chi connectivity index (χ2v) is 7.69. The molecule has 0 spiro atoms. The van der Waals surface area contributed by atoms with Gasteiger partial charge in [0.1, 0.15) is 0 Å². The lowest BCUT2D eigenvalue weighted by Crippen LogP contribution is -2.54. The molecular weight excluding hydrogens is 376 g/mol. The summed E-state index contributed by atoms with van der Waals surface area (Å²) in [7, 11) is 0. The Morgan fingerprint density at radius 2 is 1.86 bits per heavy atom. The van der Waals surface area contributed by atoms with Crippen molar-refractivity contribution in [3.63, 3.8) is 0 Å². The van der Waals surface area contributed by atoms with Gasteiger partial charge in [0.05, 0.1) is 6.42 Å². The van der Waals surface area contributed by atoms with Crippen molar-refractivity contribution >= 4 is 29.1 Å². The normalized spacial score (nSPS) is 16.3. The molecule has 1 fully saturated rings. The van der Waals surface area contributed by atoms with E-state index in [0.29, 0.717) is 18.7 Å². The van der Waals surface area contributed by atoms with Crippen LogP contribution < -0.4 is 11.1 Å². The predicted molar refractivity (Wildman–Crippen MR) is 108 cm³/mol. The van der Waals surface area contributed by atoms with Crippen molar-refractivity contribution in [2.75, 3.05) is 26.2 Å². The fourth-order valence-corrected chi connectivity index (χ4v) is 3.89. The first-order valence-electron chi connectivity index (χ1n) is 9.18. The third kappa shape index (κ3) is 4.40. The maximum atomic E-state index is 13.0. The van der Waals surface area contributed by atoms with Gasteiger partial charge in [-0.3, -0.25) is 14.4 Å². The van der Waals surface area contributed by atoms with E-state index >= 15 is 0 Å². The number of nitrogens with two attached hydrogens (primary N) is 1. The number of hydrogen-bond donors (Lipinski definition) is 2. The zero-order valence-corrected chi connectivity index (χ0v) is 16.6. The lowest BCUT2D eigenvalue weighted by molar-refractivity contribution is -0.140. The number of aryl methyl sites for hydroxylation is 1. The van der Waals surface area contributed by atoms with Gasteiger partial charge < -0.3 is 20.9 Å². The largest absolute Gasteiger partial charge is 0.351 e. The van der Waals surface area contributed by atoms with Gasteiger partial charge >= 0.3 is 0 Å². The highest BCUT2D eigenvalue weighted by Gasteiger charge is 2.42. The number of carbonyl (C=O) groups excluding carboxylic acids is 3. The first-order valence-corrected chi connectivity index (χ1v) is 10.1. The Bertz CT molecular complexity index is 836. The van der Waals surface area contributed by atoms with Gasteiger partial charge in [0, 0.05) is 36.6 Å². The fourth-order valence-electron chi connectivity index (χ4n) is 3.20. The molecule has 0 bridgehead atoms. The quantitative estimate of drug-likeness (QED) is 0.756. The maximum Gasteiger partial charge on any atom is 0.263 e. The Labute approximate surface area is 168 Å². The first-order chi connectivity index (χ1) is 13.5. The van der Waals surface area contributed by atoms with Crippen LogP contribution in [0.1, 0.15) is 20.8 Å². The van der Waals surface area contributed by atoms with Gasteiger partial charge in [-0.1, -0.05) is 23.8 Å². The van der Waals surface area contributed by atoms with Gasteiger partial charge in [-0.15, -0.1) is 11.3 Å². The number of hydrogen-bond acceptors (Lipinski definition) is 5. The van der Waals surface area contributed by atoms with Crippen LogP contribution >= 0.6 is 11.3 Å². The molecule has 2 aromatic rings. The number of amides is 3. The summed E-state index contributed by atoms with van der Waals surface area (Å²) >= 11 is 1.49. The first kappa shape index (κ1) is 20.0. The van der Waals surface area contributed by atoms with Gasteiger partial charge in [-0.25, -0.2) is 0 Å². The van der Waals surface area contributed by atoms with Gasteiger partial charge in [-0.2, -0.15) is 0 Å². The molecule has 1 aromatic heterocycles. The molecule has 3 amide bonds. The minimum atomic E-state index is -0.965. The minimum Gasteiger partial charge on any atom is -0.351 e. The van der Waals surface area contributed by atoms with E-state index in [0.717, 1.165) is 10.4 Å². The van der Waals surface area contributed by atoms with E-state index in [9.17, 15) is 14.4 Å². The van der Waals surface area contributed by atoms with Crippen molar-refractivity contribution in [2.24, 2.45) is 5.73 Å². The van der Waals surface area contributed by atoms with Crippen LogP contribution in [0.4, 0.5) is 0 Å². The molecule has 0 radical (unpaired) electrons. The number of carbonyl (C=O) groups is 3. The molecule has 3 rings (SSSR count). The van der Waals surface area contributed by atoms with E-state index in [2.05, 4.69) is 5.32 Å². The summed E-state index contributed by atoms with van der Waals surface area (Å²) in [5, 5.41) is 4.62. The van der Waals surface area contributed by atoms with Gasteiger partial charge in [0.15, 0.2) is 6.17 Å². The van der Waals surface area contributed by atoms with Crippen LogP contribution in [-0.4, -0.2) is 59.9 Å². The number of rotatable bonds is 6.